The van der Waals surface area contributed by atoms with E-state index in [0.717, 1.165) is 22.1 Å². The van der Waals surface area contributed by atoms with Gasteiger partial charge in [0.05, 0.1) is 0 Å². The van der Waals surface area contributed by atoms with E-state index in [4.69, 9.17) is 16.0 Å². The topological polar surface area (TPSA) is 33.5 Å². The van der Waals surface area contributed by atoms with E-state index in [-0.39, 0.29) is 5.91 Å². The van der Waals surface area contributed by atoms with Crippen LogP contribution in [0.4, 0.5) is 0 Å². The maximum Gasteiger partial charge on any atom is 0.289 e. The lowest BCUT2D eigenvalue weighted by Crippen LogP contribution is -2.26. The predicted octanol–water partition coefficient (Wildman–Crippen LogP) is 4.67. The second kappa shape index (κ2) is 5.85. The largest absolute Gasteiger partial charge is 0.451 e. The molecule has 112 valence electrons. The summed E-state index contributed by atoms with van der Waals surface area (Å²) >= 11 is 5.88. The molecular weight excluding hydrogens is 298 g/mol. The molecule has 0 N–H and O–H groups in total. The maximum absolute atomic E-state index is 12.6. The predicted molar refractivity (Wildman–Crippen MR) is 88.2 cm³/mol. The number of para-hydroxylation sites is 1. The van der Waals surface area contributed by atoms with Crippen LogP contribution in [0.3, 0.4) is 0 Å². The molecule has 0 aliphatic carbocycles. The Balaban J connectivity index is 1.85. The SMILES string of the molecule is Cc1c(C(=O)N(C)Cc2ccc(Cl)cc2)oc2ccccc12. The average molecular weight is 314 g/mol. The van der Waals surface area contributed by atoms with Gasteiger partial charge in [-0.3, -0.25) is 4.79 Å². The van der Waals surface area contributed by atoms with Crippen molar-refractivity contribution >= 4 is 28.5 Å². The van der Waals surface area contributed by atoms with Crippen molar-refractivity contribution in [1.82, 2.24) is 4.90 Å². The van der Waals surface area contributed by atoms with Crippen LogP contribution in [-0.4, -0.2) is 17.9 Å². The van der Waals surface area contributed by atoms with Crippen LogP contribution in [0.25, 0.3) is 11.0 Å². The van der Waals surface area contributed by atoms with Gasteiger partial charge in [-0.25, -0.2) is 0 Å². The van der Waals surface area contributed by atoms with Crippen LogP contribution >= 0.6 is 11.6 Å². The number of nitrogens with zero attached hydrogens (tertiary/aromatic N) is 1. The van der Waals surface area contributed by atoms with Gasteiger partial charge in [0, 0.05) is 29.6 Å². The lowest BCUT2D eigenvalue weighted by atomic mass is 10.1. The number of aryl methyl sites for hydroxylation is 1. The lowest BCUT2D eigenvalue weighted by Gasteiger charge is -2.16. The second-order valence-electron chi connectivity index (χ2n) is 5.34. The molecule has 0 atom stereocenters. The van der Waals surface area contributed by atoms with Crippen LogP contribution in [-0.2, 0) is 6.54 Å². The van der Waals surface area contributed by atoms with Gasteiger partial charge in [-0.15, -0.1) is 0 Å². The number of carbonyl (C=O) groups excluding carboxylic acids is 1. The lowest BCUT2D eigenvalue weighted by molar-refractivity contribution is 0.0755. The molecule has 1 heterocycles. The molecule has 0 spiro atoms. The maximum atomic E-state index is 12.6. The summed E-state index contributed by atoms with van der Waals surface area (Å²) in [6.07, 6.45) is 0. The standard InChI is InChI=1S/C18H16ClNO2/c1-12-15-5-3-4-6-16(15)22-17(12)18(21)20(2)11-13-7-9-14(19)10-8-13/h3-10H,11H2,1-2H3. The molecule has 1 aromatic heterocycles. The summed E-state index contributed by atoms with van der Waals surface area (Å²) in [6.45, 7) is 2.42. The molecule has 1 amide bonds. The Morgan fingerprint density at radius 3 is 2.50 bits per heavy atom. The quantitative estimate of drug-likeness (QED) is 0.704. The van der Waals surface area contributed by atoms with Crippen LogP contribution in [0.1, 0.15) is 21.7 Å². The van der Waals surface area contributed by atoms with E-state index >= 15 is 0 Å². The molecule has 2 aromatic carbocycles. The summed E-state index contributed by atoms with van der Waals surface area (Å²) in [4.78, 5) is 14.3. The molecular formula is C18H16ClNO2. The highest BCUT2D eigenvalue weighted by molar-refractivity contribution is 6.30. The van der Waals surface area contributed by atoms with E-state index in [1.54, 1.807) is 11.9 Å². The summed E-state index contributed by atoms with van der Waals surface area (Å²) in [5, 5.41) is 1.66. The van der Waals surface area contributed by atoms with Crippen molar-refractivity contribution in [1.29, 1.82) is 0 Å². The van der Waals surface area contributed by atoms with Crippen LogP contribution in [0.15, 0.2) is 52.9 Å². The number of halogens is 1. The molecule has 3 rings (SSSR count). The molecule has 3 nitrogen and oxygen atoms in total. The van der Waals surface area contributed by atoms with Gasteiger partial charge in [-0.1, -0.05) is 41.9 Å². The molecule has 0 radical (unpaired) electrons. The molecule has 0 saturated heterocycles. The third-order valence-electron chi connectivity index (χ3n) is 3.72. The number of fused-ring (bicyclic) bond motifs is 1. The summed E-state index contributed by atoms with van der Waals surface area (Å²) in [7, 11) is 1.77. The number of furan rings is 1. The van der Waals surface area contributed by atoms with Gasteiger partial charge in [0.1, 0.15) is 5.58 Å². The van der Waals surface area contributed by atoms with E-state index in [1.807, 2.05) is 55.5 Å². The van der Waals surface area contributed by atoms with Crippen LogP contribution in [0, 0.1) is 6.92 Å². The van der Waals surface area contributed by atoms with Gasteiger partial charge >= 0.3 is 0 Å². The zero-order valence-corrected chi connectivity index (χ0v) is 13.2. The van der Waals surface area contributed by atoms with Gasteiger partial charge in [0.15, 0.2) is 5.76 Å². The number of rotatable bonds is 3. The molecule has 0 aliphatic heterocycles. The zero-order valence-electron chi connectivity index (χ0n) is 12.5. The first kappa shape index (κ1) is 14.7. The summed E-state index contributed by atoms with van der Waals surface area (Å²) in [5.41, 5.74) is 2.64. The van der Waals surface area contributed by atoms with Gasteiger partial charge in [-0.05, 0) is 30.7 Å². The fourth-order valence-corrected chi connectivity index (χ4v) is 2.61. The highest BCUT2D eigenvalue weighted by Gasteiger charge is 2.20. The summed E-state index contributed by atoms with van der Waals surface area (Å²) in [5.74, 6) is 0.279. The number of carbonyl (C=O) groups is 1. The van der Waals surface area contributed by atoms with Crippen molar-refractivity contribution in [3.8, 4) is 0 Å². The smallest absolute Gasteiger partial charge is 0.289 e. The zero-order chi connectivity index (χ0) is 15.7. The highest BCUT2D eigenvalue weighted by Crippen LogP contribution is 2.26. The highest BCUT2D eigenvalue weighted by atomic mass is 35.5. The molecule has 0 fully saturated rings. The second-order valence-corrected chi connectivity index (χ2v) is 5.78. The first-order valence-corrected chi connectivity index (χ1v) is 7.42. The van der Waals surface area contributed by atoms with E-state index in [9.17, 15) is 4.79 Å². The number of amides is 1. The molecule has 0 bridgehead atoms. The van der Waals surface area contributed by atoms with Crippen LogP contribution in [0.2, 0.25) is 5.02 Å². The molecule has 4 heteroatoms. The Labute approximate surface area is 134 Å². The third kappa shape index (κ3) is 2.72. The number of benzene rings is 2. The van der Waals surface area contributed by atoms with Gasteiger partial charge in [0.25, 0.3) is 5.91 Å². The minimum Gasteiger partial charge on any atom is -0.451 e. The fraction of sp³-hybridized carbons (Fsp3) is 0.167. The first-order chi connectivity index (χ1) is 10.6. The van der Waals surface area contributed by atoms with Crippen molar-refractivity contribution in [2.75, 3.05) is 7.05 Å². The average Bonchev–Trinajstić information content (AvgIpc) is 2.86. The van der Waals surface area contributed by atoms with Gasteiger partial charge in [-0.2, -0.15) is 0 Å². The van der Waals surface area contributed by atoms with E-state index < -0.39 is 0 Å². The summed E-state index contributed by atoms with van der Waals surface area (Å²) in [6, 6.07) is 15.1. The van der Waals surface area contributed by atoms with Crippen molar-refractivity contribution in [3.63, 3.8) is 0 Å². The van der Waals surface area contributed by atoms with Crippen molar-refractivity contribution in [2.45, 2.75) is 13.5 Å². The molecule has 0 saturated carbocycles. The monoisotopic (exact) mass is 313 g/mol. The minimum absolute atomic E-state index is 0.122. The Bertz CT molecular complexity index is 821. The van der Waals surface area contributed by atoms with Crippen LogP contribution in [0.5, 0.6) is 0 Å². The van der Waals surface area contributed by atoms with E-state index in [1.165, 1.54) is 0 Å². The number of hydrogen-bond donors (Lipinski definition) is 0. The Morgan fingerprint density at radius 2 is 1.82 bits per heavy atom. The molecule has 0 aliphatic rings. The Kier molecular flexibility index (Phi) is 3.90. The van der Waals surface area contributed by atoms with Gasteiger partial charge < -0.3 is 9.32 Å². The molecule has 22 heavy (non-hydrogen) atoms. The molecule has 3 aromatic rings. The van der Waals surface area contributed by atoms with E-state index in [0.29, 0.717) is 17.3 Å². The molecule has 0 unspecified atom stereocenters. The minimum atomic E-state index is -0.122. The first-order valence-electron chi connectivity index (χ1n) is 7.04. The number of hydrogen-bond acceptors (Lipinski definition) is 2. The van der Waals surface area contributed by atoms with Crippen molar-refractivity contribution in [2.24, 2.45) is 0 Å². The fourth-order valence-electron chi connectivity index (χ4n) is 2.49. The Hall–Kier alpha value is -2.26. The van der Waals surface area contributed by atoms with Gasteiger partial charge in [0.2, 0.25) is 0 Å². The van der Waals surface area contributed by atoms with Crippen LogP contribution < -0.4 is 0 Å². The normalized spacial score (nSPS) is 10.9. The van der Waals surface area contributed by atoms with Crippen molar-refractivity contribution < 1.29 is 9.21 Å². The van der Waals surface area contributed by atoms with Crippen molar-refractivity contribution in [3.05, 3.63) is 70.4 Å². The summed E-state index contributed by atoms with van der Waals surface area (Å²) < 4.78 is 5.73. The Morgan fingerprint density at radius 1 is 1.14 bits per heavy atom. The van der Waals surface area contributed by atoms with E-state index in [2.05, 4.69) is 0 Å². The third-order valence-corrected chi connectivity index (χ3v) is 3.97.